The lowest BCUT2D eigenvalue weighted by atomic mass is 10.1. The molecule has 2 heterocycles. The zero-order valence-electron chi connectivity index (χ0n) is 14.1. The molecule has 0 spiro atoms. The number of hydrogen-bond donors (Lipinski definition) is 2. The van der Waals surface area contributed by atoms with Crippen LogP contribution in [0.5, 0.6) is 0 Å². The van der Waals surface area contributed by atoms with Crippen molar-refractivity contribution in [3.63, 3.8) is 0 Å². The van der Waals surface area contributed by atoms with Crippen LogP contribution < -0.4 is 10.6 Å². The third-order valence-corrected chi connectivity index (χ3v) is 4.38. The van der Waals surface area contributed by atoms with Crippen molar-refractivity contribution in [2.24, 2.45) is 4.99 Å². The first-order chi connectivity index (χ1) is 11.9. The van der Waals surface area contributed by atoms with Crippen molar-refractivity contribution in [3.05, 3.63) is 53.9 Å². The van der Waals surface area contributed by atoms with Crippen molar-refractivity contribution in [2.45, 2.75) is 25.4 Å². The van der Waals surface area contributed by atoms with Crippen LogP contribution in [0, 0.1) is 0 Å². The van der Waals surface area contributed by atoms with E-state index in [0.29, 0.717) is 12.6 Å². The van der Waals surface area contributed by atoms with E-state index in [4.69, 9.17) is 4.52 Å². The Labute approximate surface area is 142 Å². The van der Waals surface area contributed by atoms with Gasteiger partial charge in [0.1, 0.15) is 12.0 Å². The topological polar surface area (TPSA) is 65.7 Å². The Kier molecular flexibility index (Phi) is 5.85. The monoisotopic (exact) mass is 327 g/mol. The van der Waals surface area contributed by atoms with Gasteiger partial charge in [0.25, 0.3) is 0 Å². The quantitative estimate of drug-likeness (QED) is 0.629. The normalized spacial score (nSPS) is 17.0. The highest BCUT2D eigenvalue weighted by molar-refractivity contribution is 5.79. The molecular formula is C18H25N5O. The third kappa shape index (κ3) is 4.35. The minimum absolute atomic E-state index is 0.360. The van der Waals surface area contributed by atoms with Gasteiger partial charge in [-0.1, -0.05) is 35.5 Å². The Morgan fingerprint density at radius 2 is 2.00 bits per heavy atom. The number of hydrogen-bond acceptors (Lipinski definition) is 4. The van der Waals surface area contributed by atoms with Crippen LogP contribution in [-0.4, -0.2) is 42.7 Å². The van der Waals surface area contributed by atoms with Crippen molar-refractivity contribution < 1.29 is 4.52 Å². The number of nitrogens with one attached hydrogen (secondary N) is 2. The SMILES string of the molecule is CN=C(NCc1ccon1)NCC(c1ccccc1)N1CCCC1. The van der Waals surface area contributed by atoms with Crippen LogP contribution in [-0.2, 0) is 6.54 Å². The standard InChI is InChI=1S/C18H25N5O/c1-19-18(20-13-16-9-12-24-22-16)21-14-17(23-10-5-6-11-23)15-7-3-2-4-8-15/h2-4,7-9,12,17H,5-6,10-11,13-14H2,1H3,(H2,19,20,21). The van der Waals surface area contributed by atoms with Crippen LogP contribution in [0.25, 0.3) is 0 Å². The van der Waals surface area contributed by atoms with Crippen LogP contribution in [0.1, 0.15) is 30.1 Å². The molecular weight excluding hydrogens is 302 g/mol. The highest BCUT2D eigenvalue weighted by atomic mass is 16.5. The highest BCUT2D eigenvalue weighted by Crippen LogP contribution is 2.24. The van der Waals surface area contributed by atoms with E-state index in [9.17, 15) is 0 Å². The molecule has 1 fully saturated rings. The van der Waals surface area contributed by atoms with E-state index in [-0.39, 0.29) is 0 Å². The van der Waals surface area contributed by atoms with Crippen LogP contribution >= 0.6 is 0 Å². The Bertz CT molecular complexity index is 620. The average molecular weight is 327 g/mol. The van der Waals surface area contributed by atoms with Gasteiger partial charge in [0.05, 0.1) is 12.6 Å². The predicted molar refractivity (Wildman–Crippen MR) is 94.7 cm³/mol. The zero-order valence-corrected chi connectivity index (χ0v) is 14.1. The Balaban J connectivity index is 1.59. The first-order valence-electron chi connectivity index (χ1n) is 8.49. The predicted octanol–water partition coefficient (Wildman–Crippen LogP) is 2.18. The maximum absolute atomic E-state index is 4.85. The van der Waals surface area contributed by atoms with Crippen molar-refractivity contribution in [2.75, 3.05) is 26.7 Å². The van der Waals surface area contributed by atoms with E-state index in [0.717, 1.165) is 31.3 Å². The number of aromatic nitrogens is 1. The molecule has 2 N–H and O–H groups in total. The number of rotatable bonds is 6. The number of guanidine groups is 1. The fourth-order valence-corrected chi connectivity index (χ4v) is 3.10. The van der Waals surface area contributed by atoms with Gasteiger partial charge in [0.2, 0.25) is 0 Å². The van der Waals surface area contributed by atoms with Gasteiger partial charge in [-0.2, -0.15) is 0 Å². The Morgan fingerprint density at radius 1 is 1.21 bits per heavy atom. The molecule has 0 amide bonds. The molecule has 1 aromatic heterocycles. The summed E-state index contributed by atoms with van der Waals surface area (Å²) in [4.78, 5) is 6.85. The van der Waals surface area contributed by atoms with Gasteiger partial charge in [0.15, 0.2) is 5.96 Å². The second-order valence-corrected chi connectivity index (χ2v) is 5.97. The molecule has 128 valence electrons. The lowest BCUT2D eigenvalue weighted by Gasteiger charge is -2.28. The van der Waals surface area contributed by atoms with Crippen molar-refractivity contribution in [1.82, 2.24) is 20.7 Å². The smallest absolute Gasteiger partial charge is 0.191 e. The van der Waals surface area contributed by atoms with E-state index >= 15 is 0 Å². The van der Waals surface area contributed by atoms with E-state index in [1.165, 1.54) is 18.4 Å². The van der Waals surface area contributed by atoms with E-state index in [1.54, 1.807) is 13.3 Å². The molecule has 1 saturated heterocycles. The minimum atomic E-state index is 0.360. The maximum atomic E-state index is 4.85. The van der Waals surface area contributed by atoms with Gasteiger partial charge in [-0.25, -0.2) is 0 Å². The summed E-state index contributed by atoms with van der Waals surface area (Å²) in [5, 5.41) is 10.6. The number of nitrogens with zero attached hydrogens (tertiary/aromatic N) is 3. The molecule has 1 atom stereocenters. The summed E-state index contributed by atoms with van der Waals surface area (Å²) < 4.78 is 4.85. The maximum Gasteiger partial charge on any atom is 0.191 e. The molecule has 6 heteroatoms. The number of likely N-dealkylation sites (tertiary alicyclic amines) is 1. The molecule has 1 aromatic carbocycles. The van der Waals surface area contributed by atoms with Gasteiger partial charge in [0, 0.05) is 19.7 Å². The van der Waals surface area contributed by atoms with E-state index < -0.39 is 0 Å². The number of aliphatic imine (C=N–C) groups is 1. The third-order valence-electron chi connectivity index (χ3n) is 4.38. The second kappa shape index (κ2) is 8.49. The minimum Gasteiger partial charge on any atom is -0.364 e. The molecule has 1 aliphatic rings. The van der Waals surface area contributed by atoms with Gasteiger partial charge < -0.3 is 15.2 Å². The summed E-state index contributed by atoms with van der Waals surface area (Å²) in [5.41, 5.74) is 2.20. The van der Waals surface area contributed by atoms with Crippen LogP contribution in [0.3, 0.4) is 0 Å². The van der Waals surface area contributed by atoms with Crippen molar-refractivity contribution >= 4 is 5.96 Å². The second-order valence-electron chi connectivity index (χ2n) is 5.97. The van der Waals surface area contributed by atoms with Gasteiger partial charge in [-0.05, 0) is 31.5 Å². The summed E-state index contributed by atoms with van der Waals surface area (Å²) in [7, 11) is 1.78. The first-order valence-corrected chi connectivity index (χ1v) is 8.49. The van der Waals surface area contributed by atoms with E-state index in [2.05, 4.69) is 56.0 Å². The summed E-state index contributed by atoms with van der Waals surface area (Å²) in [6.07, 6.45) is 4.14. The Hall–Kier alpha value is -2.34. The number of benzene rings is 1. The Morgan fingerprint density at radius 3 is 2.67 bits per heavy atom. The molecule has 0 saturated carbocycles. The summed E-state index contributed by atoms with van der Waals surface area (Å²) in [6.45, 7) is 3.73. The summed E-state index contributed by atoms with van der Waals surface area (Å²) in [5.74, 6) is 0.776. The van der Waals surface area contributed by atoms with Crippen molar-refractivity contribution in [1.29, 1.82) is 0 Å². The zero-order chi connectivity index (χ0) is 16.6. The first kappa shape index (κ1) is 16.5. The molecule has 1 aliphatic heterocycles. The lowest BCUT2D eigenvalue weighted by molar-refractivity contribution is 0.245. The highest BCUT2D eigenvalue weighted by Gasteiger charge is 2.23. The van der Waals surface area contributed by atoms with E-state index in [1.807, 2.05) is 6.07 Å². The van der Waals surface area contributed by atoms with Crippen LogP contribution in [0.4, 0.5) is 0 Å². The summed E-state index contributed by atoms with van der Waals surface area (Å²) in [6, 6.07) is 12.9. The molecule has 0 radical (unpaired) electrons. The van der Waals surface area contributed by atoms with Crippen LogP contribution in [0.15, 0.2) is 52.2 Å². The van der Waals surface area contributed by atoms with Crippen molar-refractivity contribution in [3.8, 4) is 0 Å². The molecule has 6 nitrogen and oxygen atoms in total. The van der Waals surface area contributed by atoms with Gasteiger partial charge in [-0.15, -0.1) is 0 Å². The average Bonchev–Trinajstić information content (AvgIpc) is 3.32. The molecule has 0 bridgehead atoms. The molecule has 1 unspecified atom stereocenters. The summed E-state index contributed by atoms with van der Waals surface area (Å²) >= 11 is 0. The fraction of sp³-hybridized carbons (Fsp3) is 0.444. The fourth-order valence-electron chi connectivity index (χ4n) is 3.10. The van der Waals surface area contributed by atoms with Gasteiger partial charge in [-0.3, -0.25) is 9.89 Å². The molecule has 2 aromatic rings. The largest absolute Gasteiger partial charge is 0.364 e. The van der Waals surface area contributed by atoms with Gasteiger partial charge >= 0.3 is 0 Å². The van der Waals surface area contributed by atoms with Crippen LogP contribution in [0.2, 0.25) is 0 Å². The molecule has 24 heavy (non-hydrogen) atoms. The molecule has 0 aliphatic carbocycles. The lowest BCUT2D eigenvalue weighted by Crippen LogP contribution is -2.42. The molecule has 3 rings (SSSR count).